The number of nitrogens with one attached hydrogen (secondary N) is 1. The van der Waals surface area contributed by atoms with Gasteiger partial charge in [0.1, 0.15) is 5.82 Å². The van der Waals surface area contributed by atoms with Crippen LogP contribution in [-0.4, -0.2) is 46.7 Å². The first kappa shape index (κ1) is 19.2. The lowest BCUT2D eigenvalue weighted by Crippen LogP contribution is -2.47. The van der Waals surface area contributed by atoms with Crippen LogP contribution in [0.3, 0.4) is 0 Å². The fourth-order valence-corrected chi connectivity index (χ4v) is 3.81. The number of carbonyl (C=O) groups is 1. The summed E-state index contributed by atoms with van der Waals surface area (Å²) in [6.45, 7) is 4.10. The largest absolute Gasteiger partial charge is 0.450 e. The average Bonchev–Trinajstić information content (AvgIpc) is 3.17. The summed E-state index contributed by atoms with van der Waals surface area (Å²) in [7, 11) is 0. The Hall–Kier alpha value is -3.09. The van der Waals surface area contributed by atoms with Gasteiger partial charge in [-0.3, -0.25) is 0 Å². The Bertz CT molecular complexity index is 931. The van der Waals surface area contributed by atoms with Crippen molar-refractivity contribution in [3.63, 3.8) is 0 Å². The Morgan fingerprint density at radius 1 is 1.21 bits per heavy atom. The van der Waals surface area contributed by atoms with Crippen LogP contribution in [0.25, 0.3) is 11.0 Å². The maximum atomic E-state index is 13.3. The van der Waals surface area contributed by atoms with E-state index in [4.69, 9.17) is 9.72 Å². The zero-order chi connectivity index (χ0) is 20.2. The number of hydrogen-bond donors (Lipinski definition) is 1. The Morgan fingerprint density at radius 3 is 2.62 bits per heavy atom. The van der Waals surface area contributed by atoms with E-state index in [0.29, 0.717) is 26.2 Å². The molecule has 152 valence electrons. The number of hydrogen-bond acceptors (Lipinski definition) is 4. The van der Waals surface area contributed by atoms with Gasteiger partial charge in [-0.05, 0) is 49.6 Å². The molecule has 0 bridgehead atoms. The number of imidazole rings is 1. The van der Waals surface area contributed by atoms with Gasteiger partial charge in [0.05, 0.1) is 17.6 Å². The molecule has 4 rings (SSSR count). The molecular formula is C22H25FN4O2. The number of amides is 1. The minimum atomic E-state index is -0.250. The number of piperidine rings is 1. The molecule has 0 spiro atoms. The lowest BCUT2D eigenvalue weighted by molar-refractivity contribution is 0.0967. The number of benzene rings is 2. The molecule has 0 atom stereocenters. The zero-order valence-electron chi connectivity index (χ0n) is 16.5. The van der Waals surface area contributed by atoms with Gasteiger partial charge in [0.25, 0.3) is 0 Å². The third-order valence-electron chi connectivity index (χ3n) is 5.35. The number of nitrogens with zero attached hydrogens (tertiary/aromatic N) is 3. The van der Waals surface area contributed by atoms with Gasteiger partial charge in [-0.1, -0.05) is 24.3 Å². The molecule has 1 saturated heterocycles. The summed E-state index contributed by atoms with van der Waals surface area (Å²) in [5, 5.41) is 0. The minimum Gasteiger partial charge on any atom is -0.450 e. The number of aromatic amines is 1. The zero-order valence-corrected chi connectivity index (χ0v) is 16.5. The van der Waals surface area contributed by atoms with E-state index in [1.54, 1.807) is 17.0 Å². The average molecular weight is 396 g/mol. The molecule has 1 aromatic heterocycles. The second kappa shape index (κ2) is 8.51. The highest BCUT2D eigenvalue weighted by Crippen LogP contribution is 2.26. The van der Waals surface area contributed by atoms with Crippen LogP contribution in [-0.2, 0) is 11.3 Å². The molecule has 0 radical (unpaired) electrons. The fourth-order valence-electron chi connectivity index (χ4n) is 3.81. The van der Waals surface area contributed by atoms with Crippen LogP contribution >= 0.6 is 0 Å². The van der Waals surface area contributed by atoms with E-state index in [2.05, 4.69) is 9.88 Å². The number of ether oxygens (including phenoxy) is 1. The number of aromatic nitrogens is 2. The SMILES string of the molecule is CCOC(=O)N1CCC(N(Cc2ccc(F)cc2)c2nc3ccccc3[nH]2)CC1. The first-order valence-corrected chi connectivity index (χ1v) is 10.0. The molecule has 6 nitrogen and oxygen atoms in total. The first-order chi connectivity index (χ1) is 14.1. The number of anilines is 1. The van der Waals surface area contributed by atoms with Crippen LogP contribution in [0.2, 0.25) is 0 Å². The molecule has 0 unspecified atom stereocenters. The molecule has 0 aliphatic carbocycles. The molecule has 1 amide bonds. The Morgan fingerprint density at radius 2 is 1.93 bits per heavy atom. The number of carbonyl (C=O) groups excluding carboxylic acids is 1. The lowest BCUT2D eigenvalue weighted by Gasteiger charge is -2.38. The number of H-pyrrole nitrogens is 1. The predicted molar refractivity (Wildman–Crippen MR) is 110 cm³/mol. The lowest BCUT2D eigenvalue weighted by atomic mass is 10.0. The summed E-state index contributed by atoms with van der Waals surface area (Å²) in [6, 6.07) is 14.7. The van der Waals surface area contributed by atoms with Crippen molar-refractivity contribution in [1.82, 2.24) is 14.9 Å². The van der Waals surface area contributed by atoms with Gasteiger partial charge in [-0.15, -0.1) is 0 Å². The number of para-hydroxylation sites is 2. The van der Waals surface area contributed by atoms with Crippen molar-refractivity contribution in [3.05, 3.63) is 59.9 Å². The summed E-state index contributed by atoms with van der Waals surface area (Å²) >= 11 is 0. The molecule has 1 N–H and O–H groups in total. The Labute approximate surface area is 169 Å². The summed E-state index contributed by atoms with van der Waals surface area (Å²) in [5.41, 5.74) is 2.91. The molecule has 29 heavy (non-hydrogen) atoms. The van der Waals surface area contributed by atoms with Gasteiger partial charge >= 0.3 is 6.09 Å². The van der Waals surface area contributed by atoms with Crippen molar-refractivity contribution in [3.8, 4) is 0 Å². The van der Waals surface area contributed by atoms with Crippen LogP contribution in [0, 0.1) is 5.82 Å². The van der Waals surface area contributed by atoms with Gasteiger partial charge in [0, 0.05) is 25.7 Å². The normalized spacial score (nSPS) is 14.9. The highest BCUT2D eigenvalue weighted by atomic mass is 19.1. The van der Waals surface area contributed by atoms with Crippen LogP contribution in [0.15, 0.2) is 48.5 Å². The van der Waals surface area contributed by atoms with Crippen molar-refractivity contribution < 1.29 is 13.9 Å². The summed E-state index contributed by atoms with van der Waals surface area (Å²) < 4.78 is 18.5. The quantitative estimate of drug-likeness (QED) is 0.697. The van der Waals surface area contributed by atoms with Gasteiger partial charge in [-0.25, -0.2) is 14.2 Å². The molecule has 1 fully saturated rings. The van der Waals surface area contributed by atoms with Gasteiger partial charge in [-0.2, -0.15) is 0 Å². The van der Waals surface area contributed by atoms with Crippen molar-refractivity contribution in [1.29, 1.82) is 0 Å². The monoisotopic (exact) mass is 396 g/mol. The molecule has 1 aliphatic rings. The maximum Gasteiger partial charge on any atom is 0.409 e. The fraction of sp³-hybridized carbons (Fsp3) is 0.364. The van der Waals surface area contributed by atoms with Crippen molar-refractivity contribution in [2.45, 2.75) is 32.4 Å². The predicted octanol–water partition coefficient (Wildman–Crippen LogP) is 4.33. The smallest absolute Gasteiger partial charge is 0.409 e. The molecule has 7 heteroatoms. The second-order valence-corrected chi connectivity index (χ2v) is 7.25. The van der Waals surface area contributed by atoms with Crippen molar-refractivity contribution >= 4 is 23.1 Å². The summed E-state index contributed by atoms with van der Waals surface area (Å²) in [6.07, 6.45) is 1.38. The van der Waals surface area contributed by atoms with E-state index >= 15 is 0 Å². The Kier molecular flexibility index (Phi) is 5.64. The van der Waals surface area contributed by atoms with Crippen LogP contribution in [0.1, 0.15) is 25.3 Å². The van der Waals surface area contributed by atoms with Gasteiger partial charge in [0.2, 0.25) is 5.95 Å². The summed E-state index contributed by atoms with van der Waals surface area (Å²) in [5.74, 6) is 0.553. The molecule has 2 heterocycles. The highest BCUT2D eigenvalue weighted by Gasteiger charge is 2.29. The van der Waals surface area contributed by atoms with Crippen LogP contribution in [0.5, 0.6) is 0 Å². The maximum absolute atomic E-state index is 13.3. The molecular weight excluding hydrogens is 371 g/mol. The van der Waals surface area contributed by atoms with Crippen molar-refractivity contribution in [2.75, 3.05) is 24.6 Å². The van der Waals surface area contributed by atoms with E-state index in [0.717, 1.165) is 35.4 Å². The van der Waals surface area contributed by atoms with Crippen molar-refractivity contribution in [2.24, 2.45) is 0 Å². The van der Waals surface area contributed by atoms with E-state index in [9.17, 15) is 9.18 Å². The second-order valence-electron chi connectivity index (χ2n) is 7.25. The van der Waals surface area contributed by atoms with Gasteiger partial charge < -0.3 is 19.5 Å². The molecule has 0 saturated carbocycles. The molecule has 1 aliphatic heterocycles. The third kappa shape index (κ3) is 4.34. The number of halogens is 1. The third-order valence-corrected chi connectivity index (χ3v) is 5.35. The summed E-state index contributed by atoms with van der Waals surface area (Å²) in [4.78, 5) is 24.2. The van der Waals surface area contributed by atoms with E-state index < -0.39 is 0 Å². The standard InChI is InChI=1S/C22H25FN4O2/c1-2-29-22(28)26-13-11-18(12-14-26)27(15-16-7-9-17(23)10-8-16)21-24-19-5-3-4-6-20(19)25-21/h3-10,18H,2,11-15H2,1H3,(H,24,25). The van der Waals surface area contributed by atoms with E-state index in [1.165, 1.54) is 12.1 Å². The number of rotatable bonds is 5. The van der Waals surface area contributed by atoms with E-state index in [-0.39, 0.29) is 18.0 Å². The minimum absolute atomic E-state index is 0.214. The van der Waals surface area contributed by atoms with Crippen LogP contribution in [0.4, 0.5) is 15.1 Å². The van der Waals surface area contributed by atoms with Crippen LogP contribution < -0.4 is 4.90 Å². The highest BCUT2D eigenvalue weighted by molar-refractivity contribution is 5.77. The first-order valence-electron chi connectivity index (χ1n) is 10.0. The van der Waals surface area contributed by atoms with Gasteiger partial charge in [0.15, 0.2) is 0 Å². The topological polar surface area (TPSA) is 61.5 Å². The molecule has 3 aromatic rings. The van der Waals surface area contributed by atoms with E-state index in [1.807, 2.05) is 31.2 Å². The number of fused-ring (bicyclic) bond motifs is 1. The Balaban J connectivity index is 1.56. The molecule has 2 aromatic carbocycles. The number of likely N-dealkylation sites (tertiary alicyclic amines) is 1.